The zero-order chi connectivity index (χ0) is 13.9. The van der Waals surface area contributed by atoms with Crippen molar-refractivity contribution in [2.45, 2.75) is 13.8 Å². The molecule has 0 aromatic carbocycles. The molecule has 6 nitrogen and oxygen atoms in total. The van der Waals surface area contributed by atoms with Crippen LogP contribution in [0.2, 0.25) is 0 Å². The highest BCUT2D eigenvalue weighted by Gasteiger charge is 2.26. The molecule has 0 aliphatic rings. The lowest BCUT2D eigenvalue weighted by Crippen LogP contribution is -2.20. The standard InChI is InChI=1S/C11H17N3O3S/c1-4-14(3)10-6(9(13)15)7(12)8(18-10)11(16)17-5-2/h4-5,12H2,1-3H3,(H2,13,15). The minimum atomic E-state index is -0.644. The van der Waals surface area contributed by atoms with Crippen LogP contribution >= 0.6 is 11.3 Å². The van der Waals surface area contributed by atoms with Gasteiger partial charge in [0.25, 0.3) is 5.91 Å². The van der Waals surface area contributed by atoms with Gasteiger partial charge in [-0.15, -0.1) is 11.3 Å². The normalized spacial score (nSPS) is 10.2. The molecule has 0 spiro atoms. The zero-order valence-corrected chi connectivity index (χ0v) is 11.5. The van der Waals surface area contributed by atoms with Gasteiger partial charge in [0.15, 0.2) is 0 Å². The van der Waals surface area contributed by atoms with Crippen LogP contribution in [0.1, 0.15) is 33.9 Å². The Labute approximate surface area is 110 Å². The summed E-state index contributed by atoms with van der Waals surface area (Å²) in [5, 5.41) is 0.588. The van der Waals surface area contributed by atoms with Gasteiger partial charge in [0.05, 0.1) is 17.9 Å². The maximum atomic E-state index is 11.7. The first-order valence-electron chi connectivity index (χ1n) is 5.54. The van der Waals surface area contributed by atoms with Crippen molar-refractivity contribution in [3.63, 3.8) is 0 Å². The number of nitrogens with two attached hydrogens (primary N) is 2. The molecule has 0 saturated heterocycles. The number of carbonyl (C=O) groups excluding carboxylic acids is 2. The molecule has 100 valence electrons. The van der Waals surface area contributed by atoms with Crippen LogP contribution in [0, 0.1) is 0 Å². The van der Waals surface area contributed by atoms with E-state index in [1.165, 1.54) is 0 Å². The first-order valence-corrected chi connectivity index (χ1v) is 6.35. The average Bonchev–Trinajstić information content (AvgIpc) is 2.66. The Morgan fingerprint density at radius 3 is 2.44 bits per heavy atom. The van der Waals surface area contributed by atoms with Crippen LogP contribution in [0.4, 0.5) is 10.7 Å². The molecule has 0 aliphatic heterocycles. The van der Waals surface area contributed by atoms with Gasteiger partial charge in [-0.2, -0.15) is 0 Å². The lowest BCUT2D eigenvalue weighted by molar-refractivity contribution is 0.0533. The molecule has 0 saturated carbocycles. The van der Waals surface area contributed by atoms with E-state index in [4.69, 9.17) is 16.2 Å². The van der Waals surface area contributed by atoms with Crippen LogP contribution < -0.4 is 16.4 Å². The van der Waals surface area contributed by atoms with E-state index in [9.17, 15) is 9.59 Å². The van der Waals surface area contributed by atoms with Gasteiger partial charge >= 0.3 is 5.97 Å². The maximum absolute atomic E-state index is 11.7. The number of carbonyl (C=O) groups is 2. The molecular formula is C11H17N3O3S. The molecule has 0 bridgehead atoms. The Morgan fingerprint density at radius 1 is 1.39 bits per heavy atom. The Morgan fingerprint density at radius 2 is 2.00 bits per heavy atom. The fourth-order valence-corrected chi connectivity index (χ4v) is 2.58. The summed E-state index contributed by atoms with van der Waals surface area (Å²) in [5.74, 6) is -1.17. The van der Waals surface area contributed by atoms with Crippen LogP contribution in [0.15, 0.2) is 0 Å². The van der Waals surface area contributed by atoms with Crippen LogP contribution in [0.5, 0.6) is 0 Å². The molecule has 1 amide bonds. The third kappa shape index (κ3) is 2.56. The molecule has 4 N–H and O–H groups in total. The summed E-state index contributed by atoms with van der Waals surface area (Å²) in [6, 6.07) is 0. The molecule has 1 aromatic rings. The predicted octanol–water partition coefficient (Wildman–Crippen LogP) is 1.06. The molecule has 7 heteroatoms. The summed E-state index contributed by atoms with van der Waals surface area (Å²) in [5.41, 5.74) is 11.4. The number of nitrogen functional groups attached to an aromatic ring is 1. The van der Waals surface area contributed by atoms with Gasteiger partial charge in [-0.1, -0.05) is 0 Å². The van der Waals surface area contributed by atoms with E-state index in [0.29, 0.717) is 11.5 Å². The Bertz CT molecular complexity index is 470. The van der Waals surface area contributed by atoms with Gasteiger partial charge in [-0.05, 0) is 13.8 Å². The lowest BCUT2D eigenvalue weighted by atomic mass is 10.2. The molecule has 0 aliphatic carbocycles. The smallest absolute Gasteiger partial charge is 0.350 e. The summed E-state index contributed by atoms with van der Waals surface area (Å²) in [7, 11) is 1.80. The van der Waals surface area contributed by atoms with E-state index in [2.05, 4.69) is 0 Å². The maximum Gasteiger partial charge on any atom is 0.350 e. The summed E-state index contributed by atoms with van der Waals surface area (Å²) in [6.45, 7) is 4.55. The minimum absolute atomic E-state index is 0.0984. The number of rotatable bonds is 5. The highest BCUT2D eigenvalue weighted by atomic mass is 32.1. The quantitative estimate of drug-likeness (QED) is 0.780. The predicted molar refractivity (Wildman–Crippen MR) is 72.1 cm³/mol. The van der Waals surface area contributed by atoms with Crippen LogP contribution in [-0.2, 0) is 4.74 Å². The Kier molecular flexibility index (Phi) is 4.55. The van der Waals surface area contributed by atoms with Crippen molar-refractivity contribution in [1.82, 2.24) is 0 Å². The molecule has 0 radical (unpaired) electrons. The van der Waals surface area contributed by atoms with Crippen molar-refractivity contribution in [3.8, 4) is 0 Å². The van der Waals surface area contributed by atoms with E-state index in [1.54, 1.807) is 14.0 Å². The number of esters is 1. The molecule has 0 fully saturated rings. The van der Waals surface area contributed by atoms with Gasteiger partial charge in [0.1, 0.15) is 9.88 Å². The van der Waals surface area contributed by atoms with Gasteiger partial charge < -0.3 is 21.1 Å². The van der Waals surface area contributed by atoms with Crippen molar-refractivity contribution in [1.29, 1.82) is 0 Å². The van der Waals surface area contributed by atoms with Crippen molar-refractivity contribution >= 4 is 33.9 Å². The number of hydrogen-bond acceptors (Lipinski definition) is 6. The van der Waals surface area contributed by atoms with Crippen LogP contribution in [0.3, 0.4) is 0 Å². The van der Waals surface area contributed by atoms with Crippen molar-refractivity contribution < 1.29 is 14.3 Å². The lowest BCUT2D eigenvalue weighted by Gasteiger charge is -2.15. The Hall–Kier alpha value is -1.76. The average molecular weight is 271 g/mol. The molecule has 1 rings (SSSR count). The first kappa shape index (κ1) is 14.3. The number of primary amides is 1. The molecule has 0 atom stereocenters. The van der Waals surface area contributed by atoms with Gasteiger partial charge in [-0.3, -0.25) is 4.79 Å². The number of thiophene rings is 1. The second-order valence-electron chi connectivity index (χ2n) is 3.62. The van der Waals surface area contributed by atoms with Gasteiger partial charge in [0, 0.05) is 13.6 Å². The van der Waals surface area contributed by atoms with E-state index in [1.807, 2.05) is 11.8 Å². The molecule has 18 heavy (non-hydrogen) atoms. The summed E-state index contributed by atoms with van der Waals surface area (Å²) in [6.07, 6.45) is 0. The Balaban J connectivity index is 3.32. The summed E-state index contributed by atoms with van der Waals surface area (Å²) >= 11 is 1.12. The largest absolute Gasteiger partial charge is 0.462 e. The molecule has 1 aromatic heterocycles. The fraction of sp³-hybridized carbons (Fsp3) is 0.455. The summed E-state index contributed by atoms with van der Waals surface area (Å²) in [4.78, 5) is 25.2. The highest BCUT2D eigenvalue weighted by molar-refractivity contribution is 7.19. The third-order valence-electron chi connectivity index (χ3n) is 2.45. The number of anilines is 2. The second kappa shape index (κ2) is 5.72. The van der Waals surface area contributed by atoms with Crippen molar-refractivity contribution in [2.24, 2.45) is 5.73 Å². The number of ether oxygens (including phenoxy) is 1. The van der Waals surface area contributed by atoms with Gasteiger partial charge in [-0.25, -0.2) is 4.79 Å². The van der Waals surface area contributed by atoms with E-state index >= 15 is 0 Å². The second-order valence-corrected chi connectivity index (χ2v) is 4.62. The monoisotopic (exact) mass is 271 g/mol. The van der Waals surface area contributed by atoms with Crippen LogP contribution in [0.25, 0.3) is 0 Å². The summed E-state index contributed by atoms with van der Waals surface area (Å²) < 4.78 is 4.89. The van der Waals surface area contributed by atoms with E-state index in [0.717, 1.165) is 11.3 Å². The number of amides is 1. The highest BCUT2D eigenvalue weighted by Crippen LogP contribution is 2.37. The van der Waals surface area contributed by atoms with Crippen molar-refractivity contribution in [2.75, 3.05) is 30.8 Å². The van der Waals surface area contributed by atoms with Crippen LogP contribution in [-0.4, -0.2) is 32.1 Å². The third-order valence-corrected chi connectivity index (χ3v) is 3.75. The van der Waals surface area contributed by atoms with E-state index in [-0.39, 0.29) is 22.7 Å². The van der Waals surface area contributed by atoms with Gasteiger partial charge in [0.2, 0.25) is 0 Å². The van der Waals surface area contributed by atoms with Crippen molar-refractivity contribution in [3.05, 3.63) is 10.4 Å². The first-order chi connectivity index (χ1) is 8.43. The number of nitrogens with zero attached hydrogens (tertiary/aromatic N) is 1. The molecular weight excluding hydrogens is 254 g/mol. The fourth-order valence-electron chi connectivity index (χ4n) is 1.43. The SMILES string of the molecule is CCOC(=O)c1sc(N(C)CC)c(C(N)=O)c1N. The number of hydrogen-bond donors (Lipinski definition) is 2. The van der Waals surface area contributed by atoms with E-state index < -0.39 is 11.9 Å². The topological polar surface area (TPSA) is 98.6 Å². The molecule has 1 heterocycles. The molecule has 0 unspecified atom stereocenters. The zero-order valence-electron chi connectivity index (χ0n) is 10.6. The minimum Gasteiger partial charge on any atom is -0.462 e.